The molecule has 0 unspecified atom stereocenters. The minimum absolute atomic E-state index is 0.0937. The fourth-order valence-corrected chi connectivity index (χ4v) is 3.68. The smallest absolute Gasteiger partial charge is 0.340 e. The third-order valence-corrected chi connectivity index (χ3v) is 5.29. The highest BCUT2D eigenvalue weighted by molar-refractivity contribution is 7.16. The van der Waals surface area contributed by atoms with Gasteiger partial charge in [-0.25, -0.2) is 4.79 Å². The predicted octanol–water partition coefficient (Wildman–Crippen LogP) is 4.33. The molecule has 0 aliphatic rings. The van der Waals surface area contributed by atoms with E-state index in [0.29, 0.717) is 16.1 Å². The molecule has 26 heavy (non-hydrogen) atoms. The van der Waals surface area contributed by atoms with E-state index in [1.807, 2.05) is 30.3 Å². The lowest BCUT2D eigenvalue weighted by atomic mass is 9.99. The normalized spacial score (nSPS) is 11.6. The summed E-state index contributed by atoms with van der Waals surface area (Å²) in [4.78, 5) is 29.5. The highest BCUT2D eigenvalue weighted by Crippen LogP contribution is 2.36. The SMILES string of the molecule is COC(=O)c1cc([C@H](C)c2ccccc2)sc1NC(=O)c1ccncc1. The number of thiophene rings is 1. The second-order valence-corrected chi connectivity index (χ2v) is 6.79. The number of rotatable bonds is 5. The van der Waals surface area contributed by atoms with Crippen molar-refractivity contribution in [3.63, 3.8) is 0 Å². The minimum Gasteiger partial charge on any atom is -0.465 e. The fourth-order valence-electron chi connectivity index (χ4n) is 2.56. The van der Waals surface area contributed by atoms with E-state index < -0.39 is 5.97 Å². The van der Waals surface area contributed by atoms with E-state index in [1.165, 1.54) is 18.4 Å². The summed E-state index contributed by atoms with van der Waals surface area (Å²) in [6, 6.07) is 15.0. The summed E-state index contributed by atoms with van der Waals surface area (Å²) in [6.45, 7) is 2.07. The Hall–Kier alpha value is -2.99. The van der Waals surface area contributed by atoms with Gasteiger partial charge in [0.25, 0.3) is 5.91 Å². The number of carbonyl (C=O) groups excluding carboxylic acids is 2. The molecule has 0 bridgehead atoms. The summed E-state index contributed by atoms with van der Waals surface area (Å²) in [6.07, 6.45) is 3.10. The average molecular weight is 366 g/mol. The first-order chi connectivity index (χ1) is 12.6. The van der Waals surface area contributed by atoms with E-state index in [2.05, 4.69) is 17.2 Å². The lowest BCUT2D eigenvalue weighted by Gasteiger charge is -2.09. The van der Waals surface area contributed by atoms with Crippen LogP contribution in [0.1, 0.15) is 44.0 Å². The van der Waals surface area contributed by atoms with Gasteiger partial charge in [0.1, 0.15) is 5.00 Å². The van der Waals surface area contributed by atoms with Gasteiger partial charge in [-0.1, -0.05) is 37.3 Å². The second kappa shape index (κ2) is 7.93. The molecule has 2 heterocycles. The van der Waals surface area contributed by atoms with E-state index in [4.69, 9.17) is 4.74 Å². The zero-order valence-electron chi connectivity index (χ0n) is 14.4. The predicted molar refractivity (Wildman–Crippen MR) is 102 cm³/mol. The number of ether oxygens (including phenoxy) is 1. The minimum atomic E-state index is -0.474. The Morgan fingerprint density at radius 3 is 2.46 bits per heavy atom. The number of esters is 1. The monoisotopic (exact) mass is 366 g/mol. The van der Waals surface area contributed by atoms with Gasteiger partial charge in [-0.3, -0.25) is 9.78 Å². The van der Waals surface area contributed by atoms with E-state index in [9.17, 15) is 9.59 Å². The van der Waals surface area contributed by atoms with Gasteiger partial charge in [0.2, 0.25) is 0 Å². The van der Waals surface area contributed by atoms with E-state index in [0.717, 1.165) is 10.4 Å². The Balaban J connectivity index is 1.92. The summed E-state index contributed by atoms with van der Waals surface area (Å²) >= 11 is 1.38. The quantitative estimate of drug-likeness (QED) is 0.682. The van der Waals surface area contributed by atoms with E-state index in [1.54, 1.807) is 30.6 Å². The Morgan fingerprint density at radius 1 is 1.12 bits per heavy atom. The van der Waals surface area contributed by atoms with E-state index >= 15 is 0 Å². The van der Waals surface area contributed by atoms with Crippen LogP contribution in [0, 0.1) is 0 Å². The molecule has 2 aromatic heterocycles. The van der Waals surface area contributed by atoms with Crippen molar-refractivity contribution in [2.45, 2.75) is 12.8 Å². The Labute approximate surface area is 155 Å². The molecule has 1 aromatic carbocycles. The van der Waals surface area contributed by atoms with Gasteiger partial charge in [-0.2, -0.15) is 0 Å². The van der Waals surface area contributed by atoms with Crippen molar-refractivity contribution in [1.82, 2.24) is 4.98 Å². The van der Waals surface area contributed by atoms with Crippen LogP contribution >= 0.6 is 11.3 Å². The topological polar surface area (TPSA) is 68.3 Å². The number of pyridine rings is 1. The molecule has 132 valence electrons. The summed E-state index contributed by atoms with van der Waals surface area (Å²) in [5, 5.41) is 3.30. The molecule has 0 radical (unpaired) electrons. The van der Waals surface area contributed by atoms with Crippen LogP contribution < -0.4 is 5.32 Å². The molecular weight excluding hydrogens is 348 g/mol. The number of nitrogens with zero attached hydrogens (tertiary/aromatic N) is 1. The van der Waals surface area contributed by atoms with Crippen molar-refractivity contribution < 1.29 is 14.3 Å². The third-order valence-electron chi connectivity index (χ3n) is 4.05. The number of benzene rings is 1. The maximum absolute atomic E-state index is 12.4. The molecule has 1 amide bonds. The van der Waals surface area contributed by atoms with Gasteiger partial charge >= 0.3 is 5.97 Å². The van der Waals surface area contributed by atoms with Gasteiger partial charge in [-0.05, 0) is 23.8 Å². The van der Waals surface area contributed by atoms with Gasteiger partial charge in [-0.15, -0.1) is 11.3 Å². The molecule has 0 aliphatic heterocycles. The fraction of sp³-hybridized carbons (Fsp3) is 0.150. The first-order valence-corrected chi connectivity index (χ1v) is 8.90. The van der Waals surface area contributed by atoms with Gasteiger partial charge in [0.15, 0.2) is 0 Å². The van der Waals surface area contributed by atoms with Gasteiger partial charge in [0.05, 0.1) is 12.7 Å². The Kier molecular flexibility index (Phi) is 5.43. The van der Waals surface area contributed by atoms with Crippen LogP contribution in [0.25, 0.3) is 0 Å². The largest absolute Gasteiger partial charge is 0.465 e. The summed E-state index contributed by atoms with van der Waals surface area (Å²) < 4.78 is 4.87. The first kappa shape index (κ1) is 17.8. The molecule has 6 heteroatoms. The van der Waals surface area contributed by atoms with Crippen LogP contribution in [0.15, 0.2) is 60.9 Å². The third kappa shape index (κ3) is 3.81. The van der Waals surface area contributed by atoms with Crippen molar-refractivity contribution in [3.05, 3.63) is 82.5 Å². The lowest BCUT2D eigenvalue weighted by Crippen LogP contribution is -2.13. The van der Waals surface area contributed by atoms with E-state index in [-0.39, 0.29) is 11.8 Å². The number of methoxy groups -OCH3 is 1. The van der Waals surface area contributed by atoms with Gasteiger partial charge < -0.3 is 10.1 Å². The zero-order valence-corrected chi connectivity index (χ0v) is 15.2. The maximum Gasteiger partial charge on any atom is 0.340 e. The van der Waals surface area contributed by atoms with Crippen LogP contribution in [0.5, 0.6) is 0 Å². The molecule has 5 nitrogen and oxygen atoms in total. The number of aromatic nitrogens is 1. The molecule has 0 saturated heterocycles. The van der Waals surface area contributed by atoms with Crippen LogP contribution in [0.3, 0.4) is 0 Å². The molecule has 1 atom stereocenters. The average Bonchev–Trinajstić information content (AvgIpc) is 3.11. The van der Waals surface area contributed by atoms with Crippen LogP contribution in [0.2, 0.25) is 0 Å². The number of amides is 1. The second-order valence-electron chi connectivity index (χ2n) is 5.71. The number of hydrogen-bond acceptors (Lipinski definition) is 5. The van der Waals surface area contributed by atoms with Crippen molar-refractivity contribution in [2.24, 2.45) is 0 Å². The van der Waals surface area contributed by atoms with Gasteiger partial charge in [0, 0.05) is 28.8 Å². The summed E-state index contributed by atoms with van der Waals surface area (Å²) in [5.41, 5.74) is 1.97. The Morgan fingerprint density at radius 2 is 1.81 bits per heavy atom. The number of hydrogen-bond donors (Lipinski definition) is 1. The Bertz CT molecular complexity index is 907. The number of carbonyl (C=O) groups is 2. The van der Waals surface area contributed by atoms with Crippen LogP contribution in [-0.2, 0) is 4.74 Å². The highest BCUT2D eigenvalue weighted by atomic mass is 32.1. The molecule has 0 spiro atoms. The molecule has 3 aromatic rings. The molecule has 1 N–H and O–H groups in total. The summed E-state index contributed by atoms with van der Waals surface area (Å²) in [7, 11) is 1.33. The standard InChI is InChI=1S/C20H18N2O3S/c1-13(14-6-4-3-5-7-14)17-12-16(20(24)25-2)19(26-17)22-18(23)15-8-10-21-11-9-15/h3-13H,1-2H3,(H,22,23)/t13-/m1/s1. The van der Waals surface area contributed by atoms with Crippen molar-refractivity contribution in [2.75, 3.05) is 12.4 Å². The molecular formula is C20H18N2O3S. The first-order valence-electron chi connectivity index (χ1n) is 8.08. The maximum atomic E-state index is 12.4. The number of anilines is 1. The molecule has 3 rings (SSSR count). The molecule has 0 saturated carbocycles. The summed E-state index contributed by atoms with van der Waals surface area (Å²) in [5.74, 6) is -0.674. The van der Waals surface area contributed by atoms with Crippen molar-refractivity contribution in [3.8, 4) is 0 Å². The lowest BCUT2D eigenvalue weighted by molar-refractivity contribution is 0.0602. The van der Waals surface area contributed by atoms with Crippen LogP contribution in [0.4, 0.5) is 5.00 Å². The number of nitrogens with one attached hydrogen (secondary N) is 1. The van der Waals surface area contributed by atoms with Crippen LogP contribution in [-0.4, -0.2) is 24.0 Å². The zero-order chi connectivity index (χ0) is 18.5. The highest BCUT2D eigenvalue weighted by Gasteiger charge is 2.22. The molecule has 0 fully saturated rings. The van der Waals surface area contributed by atoms with Crippen molar-refractivity contribution in [1.29, 1.82) is 0 Å². The van der Waals surface area contributed by atoms with Crippen molar-refractivity contribution >= 4 is 28.2 Å². The molecule has 0 aliphatic carbocycles.